The molecule has 0 aromatic heterocycles. The van der Waals surface area contributed by atoms with Crippen LogP contribution < -0.4 is 14.3 Å². The van der Waals surface area contributed by atoms with Gasteiger partial charge in [-0.25, -0.2) is 13.2 Å². The monoisotopic (exact) mass is 318 g/mol. The fraction of sp³-hybridized carbons (Fsp3) is 0.133. The molecule has 0 saturated carbocycles. The van der Waals surface area contributed by atoms with Crippen LogP contribution in [0.1, 0.15) is 11.1 Å². The van der Waals surface area contributed by atoms with E-state index in [1.165, 1.54) is 6.21 Å². The van der Waals surface area contributed by atoms with Gasteiger partial charge in [-0.05, 0) is 29.3 Å². The van der Waals surface area contributed by atoms with E-state index in [0.29, 0.717) is 22.6 Å². The fourth-order valence-corrected chi connectivity index (χ4v) is 2.91. The summed E-state index contributed by atoms with van der Waals surface area (Å²) in [5.74, 6) is 1.17. The minimum absolute atomic E-state index is 0.119. The molecule has 2 aromatic rings. The third-order valence-corrected chi connectivity index (χ3v) is 4.10. The Morgan fingerprint density at radius 1 is 1.09 bits per heavy atom. The topological polar surface area (TPSA) is 77.0 Å². The Bertz CT molecular complexity index is 788. The zero-order valence-electron chi connectivity index (χ0n) is 11.6. The number of sulfonamides is 1. The average Bonchev–Trinajstić information content (AvgIpc) is 2.95. The van der Waals surface area contributed by atoms with Crippen LogP contribution in [0, 0.1) is 0 Å². The van der Waals surface area contributed by atoms with Crippen molar-refractivity contribution < 1.29 is 17.9 Å². The molecule has 6 nitrogen and oxygen atoms in total. The van der Waals surface area contributed by atoms with Crippen molar-refractivity contribution >= 4 is 16.2 Å². The van der Waals surface area contributed by atoms with E-state index in [1.54, 1.807) is 42.5 Å². The first-order valence-corrected chi connectivity index (χ1v) is 8.24. The average molecular weight is 318 g/mol. The zero-order chi connectivity index (χ0) is 15.4. The molecule has 0 amide bonds. The molecule has 0 unspecified atom stereocenters. The van der Waals surface area contributed by atoms with Crippen molar-refractivity contribution in [2.45, 2.75) is 5.75 Å². The second-order valence-corrected chi connectivity index (χ2v) is 6.41. The van der Waals surface area contributed by atoms with E-state index in [0.717, 1.165) is 0 Å². The molecule has 1 aliphatic heterocycles. The SMILES string of the molecule is O=S(=O)(Cc1ccccc1)N/N=C\c1ccc2c(c1)OCO2. The third kappa shape index (κ3) is 3.56. The molecule has 7 heteroatoms. The Morgan fingerprint density at radius 2 is 1.86 bits per heavy atom. The summed E-state index contributed by atoms with van der Waals surface area (Å²) in [6.07, 6.45) is 1.42. The van der Waals surface area contributed by atoms with Crippen LogP contribution in [0.15, 0.2) is 53.6 Å². The van der Waals surface area contributed by atoms with E-state index in [2.05, 4.69) is 9.93 Å². The summed E-state index contributed by atoms with van der Waals surface area (Å²) in [5.41, 5.74) is 1.42. The number of nitrogens with zero attached hydrogens (tertiary/aromatic N) is 1. The van der Waals surface area contributed by atoms with Crippen LogP contribution in [0.5, 0.6) is 11.5 Å². The molecule has 22 heavy (non-hydrogen) atoms. The highest BCUT2D eigenvalue weighted by Gasteiger charge is 2.13. The van der Waals surface area contributed by atoms with Gasteiger partial charge in [0.15, 0.2) is 11.5 Å². The van der Waals surface area contributed by atoms with E-state index >= 15 is 0 Å². The van der Waals surface area contributed by atoms with E-state index in [-0.39, 0.29) is 12.5 Å². The molecule has 1 aliphatic rings. The molecule has 3 rings (SSSR count). The van der Waals surface area contributed by atoms with Crippen molar-refractivity contribution in [3.63, 3.8) is 0 Å². The van der Waals surface area contributed by atoms with Crippen molar-refractivity contribution in [3.05, 3.63) is 59.7 Å². The van der Waals surface area contributed by atoms with Gasteiger partial charge in [0.2, 0.25) is 6.79 Å². The highest BCUT2D eigenvalue weighted by atomic mass is 32.2. The number of hydrogen-bond acceptors (Lipinski definition) is 5. The van der Waals surface area contributed by atoms with Crippen LogP contribution in [-0.4, -0.2) is 21.4 Å². The van der Waals surface area contributed by atoms with Crippen molar-refractivity contribution in [2.24, 2.45) is 5.10 Å². The van der Waals surface area contributed by atoms with Gasteiger partial charge in [-0.2, -0.15) is 5.10 Å². The minimum atomic E-state index is -3.52. The van der Waals surface area contributed by atoms with Crippen LogP contribution in [0.2, 0.25) is 0 Å². The first-order valence-electron chi connectivity index (χ1n) is 6.58. The van der Waals surface area contributed by atoms with E-state index in [1.807, 2.05) is 6.07 Å². The molecule has 1 N–H and O–H groups in total. The Kier molecular flexibility index (Phi) is 3.97. The summed E-state index contributed by atoms with van der Waals surface area (Å²) in [6.45, 7) is 0.194. The maximum Gasteiger partial charge on any atom is 0.251 e. The number of rotatable bonds is 5. The molecule has 0 radical (unpaired) electrons. The summed E-state index contributed by atoms with van der Waals surface area (Å²) in [7, 11) is -3.52. The van der Waals surface area contributed by atoms with Crippen molar-refractivity contribution in [1.29, 1.82) is 0 Å². The van der Waals surface area contributed by atoms with Crippen LogP contribution >= 0.6 is 0 Å². The minimum Gasteiger partial charge on any atom is -0.454 e. The van der Waals surface area contributed by atoms with Crippen LogP contribution in [0.4, 0.5) is 0 Å². The summed E-state index contributed by atoms with van der Waals surface area (Å²) < 4.78 is 34.3. The highest BCUT2D eigenvalue weighted by Crippen LogP contribution is 2.31. The molecular formula is C15H14N2O4S. The summed E-state index contributed by atoms with van der Waals surface area (Å²) in [5, 5.41) is 3.78. The number of benzene rings is 2. The first kappa shape index (κ1) is 14.4. The first-order chi connectivity index (χ1) is 10.6. The van der Waals surface area contributed by atoms with E-state index < -0.39 is 10.0 Å². The second kappa shape index (κ2) is 6.07. The lowest BCUT2D eigenvalue weighted by Gasteiger charge is -2.03. The molecule has 0 fully saturated rings. The van der Waals surface area contributed by atoms with E-state index in [9.17, 15) is 8.42 Å². The normalized spacial score (nSPS) is 13.5. The van der Waals surface area contributed by atoms with Crippen molar-refractivity contribution in [1.82, 2.24) is 4.83 Å². The molecule has 2 aromatic carbocycles. The number of nitrogens with one attached hydrogen (secondary N) is 1. The standard InChI is InChI=1S/C15H14N2O4S/c18-22(19,10-12-4-2-1-3-5-12)17-16-9-13-6-7-14-15(8-13)21-11-20-14/h1-9,17H,10-11H2/b16-9-. The summed E-state index contributed by atoms with van der Waals surface area (Å²) >= 11 is 0. The Hall–Kier alpha value is -2.54. The molecule has 0 atom stereocenters. The van der Waals surface area contributed by atoms with Gasteiger partial charge in [-0.3, -0.25) is 0 Å². The molecule has 0 bridgehead atoms. The van der Waals surface area contributed by atoms with Crippen LogP contribution in [0.25, 0.3) is 0 Å². The van der Waals surface area contributed by atoms with Gasteiger partial charge in [0, 0.05) is 0 Å². The molecule has 0 saturated heterocycles. The molecule has 1 heterocycles. The smallest absolute Gasteiger partial charge is 0.251 e. The van der Waals surface area contributed by atoms with E-state index in [4.69, 9.17) is 9.47 Å². The predicted octanol–water partition coefficient (Wildman–Crippen LogP) is 1.87. The maximum atomic E-state index is 11.9. The van der Waals surface area contributed by atoms with Gasteiger partial charge in [0.05, 0.1) is 12.0 Å². The lowest BCUT2D eigenvalue weighted by Crippen LogP contribution is -2.20. The number of ether oxygens (including phenoxy) is 2. The highest BCUT2D eigenvalue weighted by molar-refractivity contribution is 7.88. The Morgan fingerprint density at radius 3 is 2.68 bits per heavy atom. The largest absolute Gasteiger partial charge is 0.454 e. The van der Waals surface area contributed by atoms with Gasteiger partial charge in [0.1, 0.15) is 0 Å². The molecule has 0 aliphatic carbocycles. The van der Waals surface area contributed by atoms with Gasteiger partial charge < -0.3 is 9.47 Å². The lowest BCUT2D eigenvalue weighted by atomic mass is 10.2. The number of fused-ring (bicyclic) bond motifs is 1. The summed E-state index contributed by atoms with van der Waals surface area (Å²) in [6, 6.07) is 14.2. The van der Waals surface area contributed by atoms with Crippen LogP contribution in [0.3, 0.4) is 0 Å². The number of hydrazone groups is 1. The fourth-order valence-electron chi connectivity index (χ4n) is 2.00. The Balaban J connectivity index is 1.64. The van der Waals surface area contributed by atoms with Crippen molar-refractivity contribution in [2.75, 3.05) is 6.79 Å². The van der Waals surface area contributed by atoms with Crippen LogP contribution in [-0.2, 0) is 15.8 Å². The van der Waals surface area contributed by atoms with Gasteiger partial charge in [0.25, 0.3) is 10.0 Å². The van der Waals surface area contributed by atoms with Gasteiger partial charge in [-0.1, -0.05) is 30.3 Å². The quantitative estimate of drug-likeness (QED) is 0.674. The van der Waals surface area contributed by atoms with Crippen molar-refractivity contribution in [3.8, 4) is 11.5 Å². The summed E-state index contributed by atoms with van der Waals surface area (Å²) in [4.78, 5) is 2.19. The second-order valence-electron chi connectivity index (χ2n) is 4.71. The van der Waals surface area contributed by atoms with Gasteiger partial charge in [-0.15, -0.1) is 0 Å². The third-order valence-electron chi connectivity index (χ3n) is 3.00. The molecular weight excluding hydrogens is 304 g/mol. The lowest BCUT2D eigenvalue weighted by molar-refractivity contribution is 0.174. The molecule has 114 valence electrons. The molecule has 0 spiro atoms. The zero-order valence-corrected chi connectivity index (χ0v) is 12.4. The number of hydrogen-bond donors (Lipinski definition) is 1. The predicted molar refractivity (Wildman–Crippen MR) is 82.4 cm³/mol. The maximum absolute atomic E-state index is 11.9. The van der Waals surface area contributed by atoms with Gasteiger partial charge >= 0.3 is 0 Å². The Labute approximate surface area is 128 Å².